The molecule has 6 heteroatoms. The predicted octanol–water partition coefficient (Wildman–Crippen LogP) is 0.668. The summed E-state index contributed by atoms with van der Waals surface area (Å²) in [5.74, 6) is 0.494. The highest BCUT2D eigenvalue weighted by Crippen LogP contribution is 2.18. The van der Waals surface area contributed by atoms with Crippen molar-refractivity contribution in [3.05, 3.63) is 12.4 Å². The van der Waals surface area contributed by atoms with Crippen LogP contribution in [0, 0.1) is 5.92 Å². The van der Waals surface area contributed by atoms with E-state index in [2.05, 4.69) is 10.2 Å². The minimum absolute atomic E-state index is 0.494. The molecule has 1 amide bonds. The number of hydrogen-bond acceptors (Lipinski definition) is 3. The molecule has 2 heterocycles. The molecule has 1 fully saturated rings. The molecule has 0 atom stereocenters. The maximum absolute atomic E-state index is 10.7. The van der Waals surface area contributed by atoms with Crippen LogP contribution in [0.15, 0.2) is 12.4 Å². The number of amides is 1. The molecule has 0 aromatic carbocycles. The van der Waals surface area contributed by atoms with E-state index in [9.17, 15) is 4.79 Å². The summed E-state index contributed by atoms with van der Waals surface area (Å²) in [6.07, 6.45) is 4.30. The van der Waals surface area contributed by atoms with Gasteiger partial charge in [-0.2, -0.15) is 15.0 Å². The van der Waals surface area contributed by atoms with Gasteiger partial charge >= 0.3 is 6.09 Å². The molecule has 15 heavy (non-hydrogen) atoms. The maximum Gasteiger partial charge on any atom is 0.407 e. The first-order valence-corrected chi connectivity index (χ1v) is 5.07. The zero-order valence-electron chi connectivity index (χ0n) is 8.41. The van der Waals surface area contributed by atoms with E-state index in [0.29, 0.717) is 19.0 Å². The van der Waals surface area contributed by atoms with Gasteiger partial charge in [-0.15, -0.1) is 0 Å². The van der Waals surface area contributed by atoms with Crippen LogP contribution in [0.25, 0.3) is 0 Å². The molecule has 1 aromatic rings. The van der Waals surface area contributed by atoms with Gasteiger partial charge < -0.3 is 10.0 Å². The smallest absolute Gasteiger partial charge is 0.407 e. The summed E-state index contributed by atoms with van der Waals surface area (Å²) in [4.78, 5) is 13.8. The summed E-state index contributed by atoms with van der Waals surface area (Å²) in [7, 11) is 0. The lowest BCUT2D eigenvalue weighted by atomic mass is 9.97. The van der Waals surface area contributed by atoms with E-state index in [1.54, 1.807) is 17.2 Å². The highest BCUT2D eigenvalue weighted by molar-refractivity contribution is 5.64. The molecule has 1 aliphatic rings. The maximum atomic E-state index is 10.7. The molecular weight excluding hydrogens is 196 g/mol. The van der Waals surface area contributed by atoms with Gasteiger partial charge in [-0.25, -0.2) is 4.79 Å². The van der Waals surface area contributed by atoms with Gasteiger partial charge in [0, 0.05) is 13.1 Å². The zero-order valence-corrected chi connectivity index (χ0v) is 8.41. The fourth-order valence-corrected chi connectivity index (χ4v) is 1.88. The van der Waals surface area contributed by atoms with Gasteiger partial charge in [0.05, 0.1) is 18.9 Å². The van der Waals surface area contributed by atoms with E-state index in [-0.39, 0.29) is 0 Å². The van der Waals surface area contributed by atoms with Crippen molar-refractivity contribution >= 4 is 6.09 Å². The molecule has 0 radical (unpaired) electrons. The lowest BCUT2D eigenvalue weighted by Crippen LogP contribution is -2.38. The lowest BCUT2D eigenvalue weighted by molar-refractivity contribution is 0.120. The third kappa shape index (κ3) is 2.45. The second kappa shape index (κ2) is 4.29. The first kappa shape index (κ1) is 9.95. The van der Waals surface area contributed by atoms with Crippen LogP contribution in [-0.2, 0) is 6.54 Å². The van der Waals surface area contributed by atoms with E-state index in [0.717, 1.165) is 19.4 Å². The molecule has 2 rings (SSSR count). The number of likely N-dealkylation sites (tertiary alicyclic amines) is 1. The lowest BCUT2D eigenvalue weighted by Gasteiger charge is -2.29. The third-order valence-electron chi connectivity index (χ3n) is 2.77. The van der Waals surface area contributed by atoms with Crippen LogP contribution in [0.4, 0.5) is 4.79 Å². The molecule has 82 valence electrons. The van der Waals surface area contributed by atoms with Crippen molar-refractivity contribution in [1.82, 2.24) is 19.9 Å². The van der Waals surface area contributed by atoms with Crippen molar-refractivity contribution in [3.8, 4) is 0 Å². The Bertz CT molecular complexity index is 317. The van der Waals surface area contributed by atoms with Crippen molar-refractivity contribution in [1.29, 1.82) is 0 Å². The molecule has 0 spiro atoms. The van der Waals surface area contributed by atoms with Crippen molar-refractivity contribution in [2.45, 2.75) is 19.4 Å². The molecule has 0 aliphatic carbocycles. The standard InChI is InChI=1S/C9H14N4O2/c14-9(15)12-5-1-8(2-6-12)7-13-10-3-4-11-13/h3-4,8H,1-2,5-7H2,(H,14,15). The number of nitrogens with zero attached hydrogens (tertiary/aromatic N) is 4. The average molecular weight is 210 g/mol. The van der Waals surface area contributed by atoms with Crippen LogP contribution in [0.5, 0.6) is 0 Å². The minimum Gasteiger partial charge on any atom is -0.465 e. The third-order valence-corrected chi connectivity index (χ3v) is 2.77. The monoisotopic (exact) mass is 210 g/mol. The van der Waals surface area contributed by atoms with Crippen LogP contribution in [0.2, 0.25) is 0 Å². The highest BCUT2D eigenvalue weighted by atomic mass is 16.4. The molecule has 1 aliphatic heterocycles. The summed E-state index contributed by atoms with van der Waals surface area (Å²) in [5, 5.41) is 16.9. The summed E-state index contributed by atoms with van der Waals surface area (Å²) >= 11 is 0. The quantitative estimate of drug-likeness (QED) is 0.778. The Kier molecular flexibility index (Phi) is 2.84. The van der Waals surface area contributed by atoms with Crippen molar-refractivity contribution in [3.63, 3.8) is 0 Å². The van der Waals surface area contributed by atoms with E-state index in [1.807, 2.05) is 0 Å². The Morgan fingerprint density at radius 2 is 1.93 bits per heavy atom. The van der Waals surface area contributed by atoms with Crippen molar-refractivity contribution in [2.24, 2.45) is 5.92 Å². The topological polar surface area (TPSA) is 71.2 Å². The van der Waals surface area contributed by atoms with E-state index < -0.39 is 6.09 Å². The Morgan fingerprint density at radius 1 is 1.33 bits per heavy atom. The number of carbonyl (C=O) groups is 1. The first-order chi connectivity index (χ1) is 7.25. The Morgan fingerprint density at radius 3 is 2.47 bits per heavy atom. The van der Waals surface area contributed by atoms with Crippen LogP contribution in [-0.4, -0.2) is 44.2 Å². The fraction of sp³-hybridized carbons (Fsp3) is 0.667. The molecule has 1 aromatic heterocycles. The van der Waals surface area contributed by atoms with Gasteiger partial charge in [-0.1, -0.05) is 0 Å². The normalized spacial score (nSPS) is 18.0. The van der Waals surface area contributed by atoms with Gasteiger partial charge in [0.1, 0.15) is 0 Å². The summed E-state index contributed by atoms with van der Waals surface area (Å²) in [5.41, 5.74) is 0. The zero-order chi connectivity index (χ0) is 10.7. The van der Waals surface area contributed by atoms with Gasteiger partial charge in [-0.3, -0.25) is 0 Å². The number of carboxylic acid groups (broad SMARTS) is 1. The minimum atomic E-state index is -0.814. The molecule has 0 bridgehead atoms. The average Bonchev–Trinajstić information content (AvgIpc) is 2.71. The summed E-state index contributed by atoms with van der Waals surface area (Å²) in [6, 6.07) is 0. The van der Waals surface area contributed by atoms with Crippen LogP contribution in [0.1, 0.15) is 12.8 Å². The van der Waals surface area contributed by atoms with Gasteiger partial charge in [0.15, 0.2) is 0 Å². The molecule has 0 saturated carbocycles. The number of piperidine rings is 1. The van der Waals surface area contributed by atoms with Crippen molar-refractivity contribution in [2.75, 3.05) is 13.1 Å². The SMILES string of the molecule is O=C(O)N1CCC(Cn2nccn2)CC1. The fourth-order valence-electron chi connectivity index (χ4n) is 1.88. The largest absolute Gasteiger partial charge is 0.465 e. The number of rotatable bonds is 2. The second-order valence-electron chi connectivity index (χ2n) is 3.80. The van der Waals surface area contributed by atoms with Crippen LogP contribution < -0.4 is 0 Å². The van der Waals surface area contributed by atoms with Crippen LogP contribution in [0.3, 0.4) is 0 Å². The molecular formula is C9H14N4O2. The van der Waals surface area contributed by atoms with Gasteiger partial charge in [0.2, 0.25) is 0 Å². The number of aromatic nitrogens is 3. The van der Waals surface area contributed by atoms with E-state index >= 15 is 0 Å². The van der Waals surface area contributed by atoms with Gasteiger partial charge in [0.25, 0.3) is 0 Å². The Labute approximate surface area is 87.5 Å². The van der Waals surface area contributed by atoms with Crippen LogP contribution >= 0.6 is 0 Å². The molecule has 1 N–H and O–H groups in total. The second-order valence-corrected chi connectivity index (χ2v) is 3.80. The van der Waals surface area contributed by atoms with Gasteiger partial charge in [-0.05, 0) is 18.8 Å². The first-order valence-electron chi connectivity index (χ1n) is 5.07. The molecule has 6 nitrogen and oxygen atoms in total. The predicted molar refractivity (Wildman–Crippen MR) is 52.3 cm³/mol. The van der Waals surface area contributed by atoms with E-state index in [4.69, 9.17) is 5.11 Å². The summed E-state index contributed by atoms with van der Waals surface area (Å²) in [6.45, 7) is 2.04. The Hall–Kier alpha value is -1.59. The number of hydrogen-bond donors (Lipinski definition) is 1. The Balaban J connectivity index is 1.81. The van der Waals surface area contributed by atoms with E-state index in [1.165, 1.54) is 4.90 Å². The molecule has 0 unspecified atom stereocenters. The summed E-state index contributed by atoms with van der Waals surface area (Å²) < 4.78 is 0. The van der Waals surface area contributed by atoms with Crippen molar-refractivity contribution < 1.29 is 9.90 Å². The highest BCUT2D eigenvalue weighted by Gasteiger charge is 2.22. The molecule has 1 saturated heterocycles.